The Kier molecular flexibility index (Phi) is 5.41. The molecule has 0 aromatic heterocycles. The number of aliphatic hydroxyl groups is 1. The Labute approximate surface area is 200 Å². The van der Waals surface area contributed by atoms with Crippen LogP contribution in [-0.2, 0) is 33.4 Å². The maximum atomic E-state index is 13.6. The van der Waals surface area contributed by atoms with Gasteiger partial charge in [0.15, 0.2) is 0 Å². The van der Waals surface area contributed by atoms with Crippen molar-refractivity contribution in [3.8, 4) is 0 Å². The number of fused-ring (bicyclic) bond motifs is 1. The molecule has 8 heteroatoms. The van der Waals surface area contributed by atoms with Crippen LogP contribution in [0.2, 0.25) is 0 Å². The highest BCUT2D eigenvalue weighted by Crippen LogP contribution is 2.86. The molecule has 4 rings (SSSR count). The minimum Gasteiger partial charge on any atom is -0.461 e. The van der Waals surface area contributed by atoms with Gasteiger partial charge in [-0.1, -0.05) is 34.3 Å². The highest BCUT2D eigenvalue weighted by Gasteiger charge is 2.92. The molecular formula is C26H36O8. The molecule has 4 aliphatic carbocycles. The lowest BCUT2D eigenvalue weighted by molar-refractivity contribution is -0.194. The van der Waals surface area contributed by atoms with Gasteiger partial charge in [0.25, 0.3) is 0 Å². The van der Waals surface area contributed by atoms with Gasteiger partial charge in [-0.3, -0.25) is 19.2 Å². The Morgan fingerprint density at radius 1 is 0.941 bits per heavy atom. The zero-order valence-corrected chi connectivity index (χ0v) is 21.1. The second kappa shape index (κ2) is 7.39. The molecule has 4 aliphatic rings. The van der Waals surface area contributed by atoms with Crippen molar-refractivity contribution >= 4 is 23.7 Å². The maximum absolute atomic E-state index is 13.6. The van der Waals surface area contributed by atoms with Crippen LogP contribution in [0.4, 0.5) is 0 Å². The van der Waals surface area contributed by atoms with E-state index in [1.165, 1.54) is 20.8 Å². The lowest BCUT2D eigenvalue weighted by Crippen LogP contribution is -2.63. The SMILES string of the molecule is C=C1[C@@H](O)CC[C@@]2(C)[C@@H](OC(C)=O)[C@H](OC(C)=O)[C@@]34[C@H](C)C(=O)C[C@@H]([C@@H](OC(C)=O)[C@@]132)C4(C)C. The number of carbonyl (C=O) groups is 4. The van der Waals surface area contributed by atoms with E-state index in [0.717, 1.165) is 0 Å². The van der Waals surface area contributed by atoms with Gasteiger partial charge in [0.2, 0.25) is 0 Å². The van der Waals surface area contributed by atoms with Crippen molar-refractivity contribution in [2.24, 2.45) is 33.5 Å². The van der Waals surface area contributed by atoms with E-state index in [-0.39, 0.29) is 12.2 Å². The molecule has 2 spiro atoms. The van der Waals surface area contributed by atoms with Gasteiger partial charge in [0.1, 0.15) is 24.1 Å². The largest absolute Gasteiger partial charge is 0.461 e. The molecule has 188 valence electrons. The van der Waals surface area contributed by atoms with Crippen LogP contribution in [0.5, 0.6) is 0 Å². The monoisotopic (exact) mass is 476 g/mol. The van der Waals surface area contributed by atoms with Crippen LogP contribution in [-0.4, -0.2) is 53.2 Å². The number of ketones is 1. The van der Waals surface area contributed by atoms with Crippen LogP contribution >= 0.6 is 0 Å². The lowest BCUT2D eigenvalue weighted by Gasteiger charge is -2.60. The van der Waals surface area contributed by atoms with Gasteiger partial charge >= 0.3 is 17.9 Å². The molecule has 9 atom stereocenters. The van der Waals surface area contributed by atoms with Crippen molar-refractivity contribution in [3.63, 3.8) is 0 Å². The van der Waals surface area contributed by atoms with Gasteiger partial charge < -0.3 is 19.3 Å². The first-order valence-electron chi connectivity index (χ1n) is 12.0. The van der Waals surface area contributed by atoms with Crippen LogP contribution in [0.15, 0.2) is 12.2 Å². The summed E-state index contributed by atoms with van der Waals surface area (Å²) in [5, 5.41) is 11.2. The number of esters is 3. The first kappa shape index (κ1) is 24.9. The molecule has 0 heterocycles. The third-order valence-electron chi connectivity index (χ3n) is 10.0. The summed E-state index contributed by atoms with van der Waals surface area (Å²) in [6, 6.07) is 0. The molecule has 0 aliphatic heterocycles. The Morgan fingerprint density at radius 2 is 1.44 bits per heavy atom. The average Bonchev–Trinajstić information content (AvgIpc) is 2.95. The number of rotatable bonds is 3. The van der Waals surface area contributed by atoms with E-state index in [1.54, 1.807) is 0 Å². The molecule has 0 amide bonds. The van der Waals surface area contributed by atoms with Crippen molar-refractivity contribution in [1.29, 1.82) is 0 Å². The summed E-state index contributed by atoms with van der Waals surface area (Å²) in [7, 11) is 0. The van der Waals surface area contributed by atoms with E-state index in [1.807, 2.05) is 27.7 Å². The topological polar surface area (TPSA) is 116 Å². The normalized spacial score (nSPS) is 46.4. The van der Waals surface area contributed by atoms with Crippen LogP contribution < -0.4 is 0 Å². The minimum atomic E-state index is -1.16. The van der Waals surface area contributed by atoms with E-state index in [2.05, 4.69) is 6.58 Å². The number of Topliss-reactive ketones (excluding diaryl/α,β-unsaturated/α-hetero) is 1. The standard InChI is InChI=1S/C26H36O8/c1-12-18(30)9-10-24(8)21(33-15(4)28)22(34-16(5)29)25-13(2)19(31)11-17(23(25,6)7)20(26(12,24)25)32-14(3)27/h13,17-18,20-22,30H,1,9-11H2,2-8H3/t13-,17+,18+,20-,21+,22+,24+,25-,26-/m1/s1. The van der Waals surface area contributed by atoms with Crippen molar-refractivity contribution < 1.29 is 38.5 Å². The lowest BCUT2D eigenvalue weighted by atomic mass is 9.42. The summed E-state index contributed by atoms with van der Waals surface area (Å²) in [4.78, 5) is 50.9. The van der Waals surface area contributed by atoms with E-state index in [4.69, 9.17) is 14.2 Å². The highest BCUT2D eigenvalue weighted by atomic mass is 16.6. The molecule has 1 N–H and O–H groups in total. The van der Waals surface area contributed by atoms with Crippen LogP contribution in [0.3, 0.4) is 0 Å². The van der Waals surface area contributed by atoms with E-state index in [9.17, 15) is 24.3 Å². The van der Waals surface area contributed by atoms with Gasteiger partial charge in [-0.25, -0.2) is 0 Å². The molecule has 8 nitrogen and oxygen atoms in total. The first-order valence-corrected chi connectivity index (χ1v) is 12.0. The zero-order valence-electron chi connectivity index (χ0n) is 21.1. The van der Waals surface area contributed by atoms with Crippen molar-refractivity contribution in [2.75, 3.05) is 0 Å². The average molecular weight is 477 g/mol. The van der Waals surface area contributed by atoms with Gasteiger partial charge in [-0.05, 0) is 23.8 Å². The second-order valence-electron chi connectivity index (χ2n) is 11.5. The molecule has 0 aromatic carbocycles. The van der Waals surface area contributed by atoms with Crippen LogP contribution in [0, 0.1) is 33.5 Å². The summed E-state index contributed by atoms with van der Waals surface area (Å²) < 4.78 is 18.0. The molecule has 0 aromatic rings. The Bertz CT molecular complexity index is 983. The van der Waals surface area contributed by atoms with E-state index < -0.39 is 75.8 Å². The molecule has 4 fully saturated rings. The Hall–Kier alpha value is -2.22. The fourth-order valence-corrected chi connectivity index (χ4v) is 9.15. The molecule has 0 radical (unpaired) electrons. The number of hydrogen-bond acceptors (Lipinski definition) is 8. The van der Waals surface area contributed by atoms with Crippen LogP contribution in [0.25, 0.3) is 0 Å². The maximum Gasteiger partial charge on any atom is 0.303 e. The van der Waals surface area contributed by atoms with Gasteiger partial charge in [0, 0.05) is 49.9 Å². The smallest absolute Gasteiger partial charge is 0.303 e. The predicted molar refractivity (Wildman–Crippen MR) is 120 cm³/mol. The number of ether oxygens (including phenoxy) is 3. The van der Waals surface area contributed by atoms with Crippen molar-refractivity contribution in [1.82, 2.24) is 0 Å². The third-order valence-corrected chi connectivity index (χ3v) is 10.0. The number of aliphatic hydroxyl groups excluding tert-OH is 1. The van der Waals surface area contributed by atoms with Crippen molar-refractivity contribution in [3.05, 3.63) is 12.2 Å². The van der Waals surface area contributed by atoms with E-state index >= 15 is 0 Å². The van der Waals surface area contributed by atoms with Gasteiger partial charge in [0.05, 0.1) is 11.5 Å². The molecule has 0 saturated heterocycles. The third kappa shape index (κ3) is 2.53. The quantitative estimate of drug-likeness (QED) is 0.376. The Morgan fingerprint density at radius 3 is 1.97 bits per heavy atom. The predicted octanol–water partition coefficient (Wildman–Crippen LogP) is 2.75. The summed E-state index contributed by atoms with van der Waals surface area (Å²) in [5.41, 5.74) is -3.45. The molecular weight excluding hydrogens is 440 g/mol. The highest BCUT2D eigenvalue weighted by molar-refractivity contribution is 5.85. The molecule has 2 bridgehead atoms. The van der Waals surface area contributed by atoms with E-state index in [0.29, 0.717) is 18.4 Å². The van der Waals surface area contributed by atoms with Crippen LogP contribution in [0.1, 0.15) is 67.7 Å². The number of carbonyl (C=O) groups excluding carboxylic acids is 4. The summed E-state index contributed by atoms with van der Waals surface area (Å²) in [5.74, 6) is -2.67. The molecule has 0 unspecified atom stereocenters. The zero-order chi connectivity index (χ0) is 25.6. The summed E-state index contributed by atoms with van der Waals surface area (Å²) in [6.07, 6.45) is -2.65. The first-order chi connectivity index (χ1) is 15.6. The number of hydrogen-bond donors (Lipinski definition) is 1. The fraction of sp³-hybridized carbons (Fsp3) is 0.769. The summed E-state index contributed by atoms with van der Waals surface area (Å²) >= 11 is 0. The minimum absolute atomic E-state index is 0.0332. The second-order valence-corrected chi connectivity index (χ2v) is 11.5. The molecule has 4 saturated carbocycles. The van der Waals surface area contributed by atoms with Gasteiger partial charge in [-0.15, -0.1) is 0 Å². The summed E-state index contributed by atoms with van der Waals surface area (Å²) in [6.45, 7) is 16.0. The Balaban J connectivity index is 2.18. The van der Waals surface area contributed by atoms with Gasteiger partial charge in [-0.2, -0.15) is 0 Å². The van der Waals surface area contributed by atoms with Crippen molar-refractivity contribution in [2.45, 2.75) is 92.1 Å². The molecule has 34 heavy (non-hydrogen) atoms. The fourth-order valence-electron chi connectivity index (χ4n) is 9.15.